The largest absolute Gasteiger partial charge is 0.462 e. The summed E-state index contributed by atoms with van der Waals surface area (Å²) in [4.78, 5) is 24.6. The first kappa shape index (κ1) is 15.0. The van der Waals surface area contributed by atoms with Gasteiger partial charge in [0.05, 0.1) is 18.7 Å². The van der Waals surface area contributed by atoms with Gasteiger partial charge >= 0.3 is 5.97 Å². The van der Waals surface area contributed by atoms with Gasteiger partial charge in [-0.3, -0.25) is 4.79 Å². The molecular weight excluding hydrogens is 276 g/mol. The van der Waals surface area contributed by atoms with Crippen LogP contribution >= 0.6 is 11.3 Å². The average molecular weight is 296 g/mol. The van der Waals surface area contributed by atoms with Crippen LogP contribution in [0.25, 0.3) is 0 Å². The zero-order valence-corrected chi connectivity index (χ0v) is 12.6. The van der Waals surface area contributed by atoms with Gasteiger partial charge in [0, 0.05) is 4.88 Å². The molecule has 2 rings (SSSR count). The van der Waals surface area contributed by atoms with Crippen molar-refractivity contribution in [1.82, 2.24) is 5.32 Å². The number of nitrogens with one attached hydrogen (secondary N) is 2. The molecule has 0 aromatic carbocycles. The number of hydrogen-bond donors (Lipinski definition) is 2. The monoisotopic (exact) mass is 296 g/mol. The molecule has 1 aromatic rings. The Bertz CT molecular complexity index is 495. The number of carbonyl (C=O) groups excluding carboxylic acids is 2. The second-order valence-corrected chi connectivity index (χ2v) is 6.20. The number of hydrogen-bond acceptors (Lipinski definition) is 5. The van der Waals surface area contributed by atoms with Crippen LogP contribution in [-0.4, -0.2) is 31.6 Å². The number of anilines is 1. The van der Waals surface area contributed by atoms with Crippen molar-refractivity contribution < 1.29 is 14.3 Å². The number of thiophene rings is 1. The molecule has 110 valence electrons. The van der Waals surface area contributed by atoms with Gasteiger partial charge in [-0.1, -0.05) is 0 Å². The number of carbonyl (C=O) groups is 2. The highest BCUT2D eigenvalue weighted by Crippen LogP contribution is 2.28. The van der Waals surface area contributed by atoms with E-state index in [2.05, 4.69) is 10.6 Å². The molecule has 0 unspecified atom stereocenters. The molecule has 0 atom stereocenters. The zero-order valence-electron chi connectivity index (χ0n) is 11.8. The van der Waals surface area contributed by atoms with Gasteiger partial charge in [-0.15, -0.1) is 11.3 Å². The van der Waals surface area contributed by atoms with E-state index < -0.39 is 5.97 Å². The van der Waals surface area contributed by atoms with Crippen LogP contribution in [0.3, 0.4) is 0 Å². The maximum atomic E-state index is 11.8. The van der Waals surface area contributed by atoms with Crippen molar-refractivity contribution >= 4 is 28.2 Å². The molecule has 1 aromatic heterocycles. The summed E-state index contributed by atoms with van der Waals surface area (Å²) in [5.74, 6) is 0.220. The van der Waals surface area contributed by atoms with Gasteiger partial charge in [-0.2, -0.15) is 0 Å². The van der Waals surface area contributed by atoms with Gasteiger partial charge in [-0.25, -0.2) is 4.79 Å². The third-order valence-electron chi connectivity index (χ3n) is 3.02. The smallest absolute Gasteiger partial charge is 0.341 e. The van der Waals surface area contributed by atoms with Crippen LogP contribution in [0.4, 0.5) is 5.00 Å². The fourth-order valence-electron chi connectivity index (χ4n) is 1.85. The van der Waals surface area contributed by atoms with Crippen molar-refractivity contribution in [3.63, 3.8) is 0 Å². The zero-order chi connectivity index (χ0) is 14.5. The number of esters is 1. The Kier molecular flexibility index (Phi) is 5.14. The maximum Gasteiger partial charge on any atom is 0.341 e. The fraction of sp³-hybridized carbons (Fsp3) is 0.571. The quantitative estimate of drug-likeness (QED) is 0.757. The normalized spacial score (nSPS) is 14.1. The van der Waals surface area contributed by atoms with Gasteiger partial charge in [0.25, 0.3) is 0 Å². The van der Waals surface area contributed by atoms with Gasteiger partial charge in [0.2, 0.25) is 5.91 Å². The molecule has 1 heterocycles. The number of aryl methyl sites for hydroxylation is 1. The lowest BCUT2D eigenvalue weighted by Gasteiger charge is -2.06. The van der Waals surface area contributed by atoms with E-state index in [9.17, 15) is 9.59 Å². The maximum absolute atomic E-state index is 11.8. The lowest BCUT2D eigenvalue weighted by atomic mass is 10.3. The molecular formula is C14H20N2O3S. The highest BCUT2D eigenvalue weighted by atomic mass is 32.1. The molecule has 1 fully saturated rings. The van der Waals surface area contributed by atoms with Crippen molar-refractivity contribution in [2.45, 2.75) is 26.7 Å². The molecule has 20 heavy (non-hydrogen) atoms. The summed E-state index contributed by atoms with van der Waals surface area (Å²) in [5.41, 5.74) is 0.435. The summed E-state index contributed by atoms with van der Waals surface area (Å²) in [6, 6.07) is 1.75. The predicted molar refractivity (Wildman–Crippen MR) is 79.2 cm³/mol. The Morgan fingerprint density at radius 1 is 1.45 bits per heavy atom. The van der Waals surface area contributed by atoms with Gasteiger partial charge in [-0.05, 0) is 45.2 Å². The molecule has 0 spiro atoms. The van der Waals surface area contributed by atoms with Crippen molar-refractivity contribution in [2.75, 3.05) is 25.0 Å². The standard InChI is InChI=1S/C14H20N2O3S/c1-3-19-14(18)11-6-9(2)20-13(11)16-12(17)8-15-7-10-4-5-10/h6,10,15H,3-5,7-8H2,1-2H3,(H,16,17). The number of ether oxygens (including phenoxy) is 1. The van der Waals surface area contributed by atoms with Gasteiger partial charge in [0.15, 0.2) is 0 Å². The van der Waals surface area contributed by atoms with Gasteiger partial charge < -0.3 is 15.4 Å². The molecule has 2 N–H and O–H groups in total. The Labute approximate surface area is 122 Å². The third kappa shape index (κ3) is 4.31. The highest BCUT2D eigenvalue weighted by Gasteiger charge is 2.21. The minimum Gasteiger partial charge on any atom is -0.462 e. The summed E-state index contributed by atoms with van der Waals surface area (Å²) in [6.45, 7) is 5.15. The van der Waals surface area contributed by atoms with E-state index >= 15 is 0 Å². The van der Waals surface area contributed by atoms with Crippen LogP contribution in [0.1, 0.15) is 35.0 Å². The fourth-order valence-corrected chi connectivity index (χ4v) is 2.77. The first-order valence-corrected chi connectivity index (χ1v) is 7.70. The van der Waals surface area contributed by atoms with Crippen LogP contribution in [0, 0.1) is 12.8 Å². The lowest BCUT2D eigenvalue weighted by molar-refractivity contribution is -0.115. The van der Waals surface area contributed by atoms with Crippen LogP contribution in [-0.2, 0) is 9.53 Å². The van der Waals surface area contributed by atoms with E-state index in [1.54, 1.807) is 13.0 Å². The minimum absolute atomic E-state index is 0.127. The Morgan fingerprint density at radius 2 is 2.20 bits per heavy atom. The van der Waals surface area contributed by atoms with Crippen LogP contribution in [0.5, 0.6) is 0 Å². The highest BCUT2D eigenvalue weighted by molar-refractivity contribution is 7.16. The summed E-state index contributed by atoms with van der Waals surface area (Å²) in [6.07, 6.45) is 2.51. The van der Waals surface area contributed by atoms with Crippen LogP contribution in [0.15, 0.2) is 6.07 Å². The van der Waals surface area contributed by atoms with Crippen molar-refractivity contribution in [2.24, 2.45) is 5.92 Å². The predicted octanol–water partition coefficient (Wildman–Crippen LogP) is 2.17. The Morgan fingerprint density at radius 3 is 2.85 bits per heavy atom. The molecule has 0 radical (unpaired) electrons. The van der Waals surface area contributed by atoms with E-state index in [1.807, 2.05) is 6.92 Å². The molecule has 1 aliphatic rings. The first-order chi connectivity index (χ1) is 9.60. The molecule has 1 saturated carbocycles. The molecule has 1 amide bonds. The molecule has 1 aliphatic carbocycles. The minimum atomic E-state index is -0.391. The van der Waals surface area contributed by atoms with E-state index in [-0.39, 0.29) is 12.5 Å². The number of amides is 1. The first-order valence-electron chi connectivity index (χ1n) is 6.88. The van der Waals surface area contributed by atoms with E-state index in [0.717, 1.165) is 17.3 Å². The molecule has 0 bridgehead atoms. The second kappa shape index (κ2) is 6.85. The number of rotatable bonds is 7. The summed E-state index contributed by atoms with van der Waals surface area (Å²) < 4.78 is 4.99. The van der Waals surface area contributed by atoms with Crippen molar-refractivity contribution in [3.05, 3.63) is 16.5 Å². The average Bonchev–Trinajstić information content (AvgIpc) is 3.13. The van der Waals surface area contributed by atoms with E-state index in [0.29, 0.717) is 17.2 Å². The van der Waals surface area contributed by atoms with E-state index in [1.165, 1.54) is 24.2 Å². The Hall–Kier alpha value is -1.40. The summed E-state index contributed by atoms with van der Waals surface area (Å²) >= 11 is 1.39. The SMILES string of the molecule is CCOC(=O)c1cc(C)sc1NC(=O)CNCC1CC1. The van der Waals surface area contributed by atoms with Crippen LogP contribution in [0.2, 0.25) is 0 Å². The third-order valence-corrected chi connectivity index (χ3v) is 3.98. The van der Waals surface area contributed by atoms with Crippen LogP contribution < -0.4 is 10.6 Å². The van der Waals surface area contributed by atoms with Crippen molar-refractivity contribution in [1.29, 1.82) is 0 Å². The van der Waals surface area contributed by atoms with E-state index in [4.69, 9.17) is 4.74 Å². The topological polar surface area (TPSA) is 67.4 Å². The second-order valence-electron chi connectivity index (χ2n) is 4.94. The molecule has 6 heteroatoms. The summed E-state index contributed by atoms with van der Waals surface area (Å²) in [7, 11) is 0. The van der Waals surface area contributed by atoms with Crippen molar-refractivity contribution in [3.8, 4) is 0 Å². The molecule has 0 saturated heterocycles. The summed E-state index contributed by atoms with van der Waals surface area (Å²) in [5, 5.41) is 6.47. The molecule has 0 aliphatic heterocycles. The van der Waals surface area contributed by atoms with Gasteiger partial charge in [0.1, 0.15) is 5.00 Å². The Balaban J connectivity index is 1.89. The molecule has 5 nitrogen and oxygen atoms in total. The lowest BCUT2D eigenvalue weighted by Crippen LogP contribution is -2.29.